The monoisotopic (exact) mass is 294 g/mol. The molecule has 0 amide bonds. The number of rotatable bonds is 3. The summed E-state index contributed by atoms with van der Waals surface area (Å²) in [6.07, 6.45) is 5.80. The number of hydrogen-bond acceptors (Lipinski definition) is 4. The molecule has 20 heavy (non-hydrogen) atoms. The van der Waals surface area contributed by atoms with E-state index in [1.165, 1.54) is 17.5 Å². The fourth-order valence-corrected chi connectivity index (χ4v) is 3.44. The Morgan fingerprint density at radius 3 is 3.15 bits per heavy atom. The van der Waals surface area contributed by atoms with Gasteiger partial charge in [0.25, 0.3) is 5.56 Å². The van der Waals surface area contributed by atoms with Crippen LogP contribution in [0.4, 0.5) is 5.69 Å². The average molecular weight is 295 g/mol. The van der Waals surface area contributed by atoms with Crippen molar-refractivity contribution in [3.05, 3.63) is 34.2 Å². The SMILES string of the molecule is C=CCn1ncc(N2C[C@@H]3CCCN[C@@H]3C2)c(Cl)c1=O. The molecule has 0 radical (unpaired) electrons. The second-order valence-electron chi connectivity index (χ2n) is 5.49. The molecule has 5 nitrogen and oxygen atoms in total. The Bertz CT molecular complexity index is 557. The van der Waals surface area contributed by atoms with E-state index in [-0.39, 0.29) is 10.6 Å². The Hall–Kier alpha value is -1.33. The molecule has 108 valence electrons. The van der Waals surface area contributed by atoms with Crippen molar-refractivity contribution in [2.24, 2.45) is 5.92 Å². The van der Waals surface area contributed by atoms with Crippen molar-refractivity contribution >= 4 is 17.3 Å². The van der Waals surface area contributed by atoms with Gasteiger partial charge in [-0.05, 0) is 25.3 Å². The van der Waals surface area contributed by atoms with Crippen LogP contribution in [0.15, 0.2) is 23.6 Å². The largest absolute Gasteiger partial charge is 0.367 e. The van der Waals surface area contributed by atoms with Crippen LogP contribution in [-0.2, 0) is 6.54 Å². The first-order valence-corrected chi connectivity index (χ1v) is 7.43. The quantitative estimate of drug-likeness (QED) is 0.853. The molecule has 0 spiro atoms. The molecule has 2 aliphatic heterocycles. The molecule has 3 rings (SSSR count). The average Bonchev–Trinajstić information content (AvgIpc) is 2.88. The first kappa shape index (κ1) is 13.6. The summed E-state index contributed by atoms with van der Waals surface area (Å²) in [4.78, 5) is 14.3. The smallest absolute Gasteiger partial charge is 0.287 e. The summed E-state index contributed by atoms with van der Waals surface area (Å²) >= 11 is 6.24. The molecule has 3 heterocycles. The Morgan fingerprint density at radius 2 is 2.40 bits per heavy atom. The van der Waals surface area contributed by atoms with Crippen molar-refractivity contribution in [2.45, 2.75) is 25.4 Å². The van der Waals surface area contributed by atoms with Gasteiger partial charge in [-0.2, -0.15) is 5.10 Å². The minimum absolute atomic E-state index is 0.244. The topological polar surface area (TPSA) is 50.2 Å². The van der Waals surface area contributed by atoms with Gasteiger partial charge in [0.15, 0.2) is 0 Å². The highest BCUT2D eigenvalue weighted by Gasteiger charge is 2.35. The molecule has 6 heteroatoms. The van der Waals surface area contributed by atoms with Crippen molar-refractivity contribution in [2.75, 3.05) is 24.5 Å². The van der Waals surface area contributed by atoms with Crippen LogP contribution in [0, 0.1) is 5.92 Å². The van der Waals surface area contributed by atoms with Crippen LogP contribution in [-0.4, -0.2) is 35.5 Å². The summed E-state index contributed by atoms with van der Waals surface area (Å²) in [7, 11) is 0. The number of nitrogens with zero attached hydrogens (tertiary/aromatic N) is 3. The molecule has 1 aromatic heterocycles. The third kappa shape index (κ3) is 2.36. The van der Waals surface area contributed by atoms with Gasteiger partial charge in [0, 0.05) is 19.1 Å². The third-order valence-electron chi connectivity index (χ3n) is 4.21. The highest BCUT2D eigenvalue weighted by Crippen LogP contribution is 2.31. The molecule has 0 saturated carbocycles. The molecule has 0 unspecified atom stereocenters. The van der Waals surface area contributed by atoms with Crippen LogP contribution in [0.3, 0.4) is 0 Å². The summed E-state index contributed by atoms with van der Waals surface area (Å²) in [5, 5.41) is 7.99. The summed E-state index contributed by atoms with van der Waals surface area (Å²) < 4.78 is 1.33. The predicted molar refractivity (Wildman–Crippen MR) is 80.4 cm³/mol. The molecule has 0 bridgehead atoms. The van der Waals surface area contributed by atoms with Gasteiger partial charge in [0.2, 0.25) is 0 Å². The Morgan fingerprint density at radius 1 is 1.55 bits per heavy atom. The van der Waals surface area contributed by atoms with Crippen LogP contribution in [0.25, 0.3) is 0 Å². The maximum Gasteiger partial charge on any atom is 0.287 e. The van der Waals surface area contributed by atoms with Crippen molar-refractivity contribution in [3.63, 3.8) is 0 Å². The van der Waals surface area contributed by atoms with E-state index in [0.717, 1.165) is 25.3 Å². The zero-order valence-corrected chi connectivity index (χ0v) is 12.1. The van der Waals surface area contributed by atoms with Gasteiger partial charge in [-0.3, -0.25) is 4.79 Å². The lowest BCUT2D eigenvalue weighted by atomic mass is 9.94. The van der Waals surface area contributed by atoms with Crippen molar-refractivity contribution in [1.29, 1.82) is 0 Å². The minimum Gasteiger partial charge on any atom is -0.367 e. The predicted octanol–water partition coefficient (Wildman–Crippen LogP) is 1.27. The first-order valence-electron chi connectivity index (χ1n) is 7.05. The molecule has 0 aromatic carbocycles. The van der Waals surface area contributed by atoms with E-state index in [2.05, 4.69) is 21.9 Å². The minimum atomic E-state index is -0.244. The number of allylic oxidation sites excluding steroid dienone is 1. The van der Waals surface area contributed by atoms with Crippen molar-refractivity contribution in [1.82, 2.24) is 15.1 Å². The van der Waals surface area contributed by atoms with E-state index in [9.17, 15) is 4.79 Å². The number of hydrogen-bond donors (Lipinski definition) is 1. The van der Waals surface area contributed by atoms with E-state index < -0.39 is 0 Å². The summed E-state index contributed by atoms with van der Waals surface area (Å²) in [5.41, 5.74) is 0.514. The number of halogens is 1. The first-order chi connectivity index (χ1) is 9.70. The van der Waals surface area contributed by atoms with E-state index in [1.54, 1.807) is 12.3 Å². The molecule has 1 aromatic rings. The van der Waals surface area contributed by atoms with E-state index >= 15 is 0 Å². The van der Waals surface area contributed by atoms with E-state index in [4.69, 9.17) is 11.6 Å². The second-order valence-corrected chi connectivity index (χ2v) is 5.87. The van der Waals surface area contributed by atoms with Gasteiger partial charge in [-0.25, -0.2) is 4.68 Å². The maximum atomic E-state index is 12.1. The molecule has 2 saturated heterocycles. The highest BCUT2D eigenvalue weighted by atomic mass is 35.5. The molecule has 2 aliphatic rings. The van der Waals surface area contributed by atoms with Crippen LogP contribution in [0.2, 0.25) is 5.02 Å². The number of piperidine rings is 1. The van der Waals surface area contributed by atoms with Gasteiger partial charge >= 0.3 is 0 Å². The molecular weight excluding hydrogens is 276 g/mol. The fourth-order valence-electron chi connectivity index (χ4n) is 3.17. The Balaban J connectivity index is 1.86. The van der Waals surface area contributed by atoms with E-state index in [1.807, 2.05) is 0 Å². The van der Waals surface area contributed by atoms with Gasteiger partial charge in [0.05, 0.1) is 18.4 Å². The second kappa shape index (κ2) is 5.58. The van der Waals surface area contributed by atoms with Crippen LogP contribution >= 0.6 is 11.6 Å². The molecular formula is C14H19ClN4O. The Kier molecular flexibility index (Phi) is 3.81. The molecule has 1 N–H and O–H groups in total. The van der Waals surface area contributed by atoms with Gasteiger partial charge in [0.1, 0.15) is 5.02 Å². The standard InChI is InChI=1S/C14H19ClN4O/c1-2-6-19-14(20)13(15)12(7-17-19)18-8-10-4-3-5-16-11(10)9-18/h2,7,10-11,16H,1,3-6,8-9H2/t10-,11+/m0/s1. The number of aromatic nitrogens is 2. The van der Waals surface area contributed by atoms with Gasteiger partial charge in [-0.1, -0.05) is 17.7 Å². The molecule has 2 atom stereocenters. The normalized spacial score (nSPS) is 25.6. The van der Waals surface area contributed by atoms with Gasteiger partial charge in [-0.15, -0.1) is 6.58 Å². The number of nitrogens with one attached hydrogen (secondary N) is 1. The Labute approximate surface area is 123 Å². The third-order valence-corrected chi connectivity index (χ3v) is 4.56. The summed E-state index contributed by atoms with van der Waals surface area (Å²) in [5.74, 6) is 0.649. The highest BCUT2D eigenvalue weighted by molar-refractivity contribution is 6.33. The van der Waals surface area contributed by atoms with Crippen LogP contribution < -0.4 is 15.8 Å². The maximum absolute atomic E-state index is 12.1. The number of anilines is 1. The fraction of sp³-hybridized carbons (Fsp3) is 0.571. The molecule has 0 aliphatic carbocycles. The van der Waals surface area contributed by atoms with Gasteiger partial charge < -0.3 is 10.2 Å². The lowest BCUT2D eigenvalue weighted by molar-refractivity contribution is 0.340. The lowest BCUT2D eigenvalue weighted by Crippen LogP contribution is -2.40. The summed E-state index contributed by atoms with van der Waals surface area (Å²) in [6.45, 7) is 6.93. The number of fused-ring (bicyclic) bond motifs is 1. The van der Waals surface area contributed by atoms with Crippen molar-refractivity contribution < 1.29 is 0 Å². The van der Waals surface area contributed by atoms with Crippen LogP contribution in [0.5, 0.6) is 0 Å². The molecule has 2 fully saturated rings. The zero-order chi connectivity index (χ0) is 14.1. The van der Waals surface area contributed by atoms with E-state index in [0.29, 0.717) is 18.5 Å². The lowest BCUT2D eigenvalue weighted by Gasteiger charge is -2.24. The van der Waals surface area contributed by atoms with Crippen molar-refractivity contribution in [3.8, 4) is 0 Å². The van der Waals surface area contributed by atoms with Crippen LogP contribution in [0.1, 0.15) is 12.8 Å². The summed E-state index contributed by atoms with van der Waals surface area (Å²) in [6, 6.07) is 0.510. The zero-order valence-electron chi connectivity index (χ0n) is 11.4.